The van der Waals surface area contributed by atoms with Crippen LogP contribution in [0.2, 0.25) is 0 Å². The van der Waals surface area contributed by atoms with Crippen LogP contribution in [-0.2, 0) is 0 Å². The molecule has 0 amide bonds. The van der Waals surface area contributed by atoms with E-state index in [1.165, 1.54) is 6.08 Å². The molecule has 0 aromatic rings. The van der Waals surface area contributed by atoms with E-state index in [0.29, 0.717) is 0 Å². The molecule has 0 rings (SSSR count). The van der Waals surface area contributed by atoms with Crippen LogP contribution in [0.3, 0.4) is 0 Å². The first-order valence-corrected chi connectivity index (χ1v) is 6.05. The van der Waals surface area contributed by atoms with E-state index in [1.807, 2.05) is 0 Å². The third-order valence-corrected chi connectivity index (χ3v) is 1.75. The van der Waals surface area contributed by atoms with Crippen molar-refractivity contribution in [3.63, 3.8) is 0 Å². The number of rotatable bonds is 2. The van der Waals surface area contributed by atoms with Gasteiger partial charge in [-0.25, -0.2) is 0 Å². The van der Waals surface area contributed by atoms with E-state index in [-0.39, 0.29) is 42.7 Å². The summed E-state index contributed by atoms with van der Waals surface area (Å²) in [5.41, 5.74) is 41.0. The van der Waals surface area contributed by atoms with Crippen molar-refractivity contribution < 1.29 is 47.5 Å². The van der Waals surface area contributed by atoms with E-state index in [4.69, 9.17) is 0 Å². The van der Waals surface area contributed by atoms with Crippen LogP contribution in [-0.4, -0.2) is 17.3 Å². The lowest BCUT2D eigenvalue weighted by Gasteiger charge is -2.02. The quantitative estimate of drug-likeness (QED) is 0.738. The first kappa shape index (κ1) is 21.9. The number of aliphatic hydroxyl groups excluding tert-OH is 1. The van der Waals surface area contributed by atoms with Gasteiger partial charge in [0.15, 0.2) is 0 Å². The summed E-state index contributed by atoms with van der Waals surface area (Å²) < 4.78 is 0. The lowest BCUT2D eigenvalue weighted by atomic mass is 10.2. The minimum absolute atomic E-state index is 0. The minimum atomic E-state index is -0.659. The molecule has 4 N–H and O–H groups in total. The molecule has 0 aliphatic heterocycles. The van der Waals surface area contributed by atoms with Gasteiger partial charge in [-0.2, -0.15) is 0 Å². The predicted molar refractivity (Wildman–Crippen MR) is 117 cm³/mol. The number of halogens is 1. The summed E-state index contributed by atoms with van der Waals surface area (Å²) in [6, 6.07) is -0.115. The summed E-state index contributed by atoms with van der Waals surface area (Å²) in [6.07, 6.45) is 0.780. The largest absolute Gasteiger partial charge is 1.00 e. The van der Waals surface area contributed by atoms with Crippen LogP contribution >= 0.6 is 0 Å². The summed E-state index contributed by atoms with van der Waals surface area (Å²) in [5, 5.41) is 9.38. The Kier molecular flexibility index (Phi) is 15.9. The van der Waals surface area contributed by atoms with Crippen molar-refractivity contribution in [2.45, 2.75) is 19.1 Å². The molecule has 0 aliphatic carbocycles. The third kappa shape index (κ3) is 16.6. The molecule has 0 aromatic heterocycles. The molecular weight excluding hydrogens is 306 g/mol. The summed E-state index contributed by atoms with van der Waals surface area (Å²) in [5.74, 6) is 0. The van der Waals surface area contributed by atoms with Gasteiger partial charge in [-0.15, -0.1) is 0 Å². The van der Waals surface area contributed by atoms with Crippen LogP contribution in [0, 0.1) is 0 Å². The SMILES string of the molecule is C=C=C=C=C=C=C=C=C=C=C=C=C=C=C=C=C[C@H](O)[C@H](C)[NH3+].[Cl-].[HH].[HH].[HH].[HH].[HH].[HH].[HH].[HH].[HH].[HH].[HH].[HH].[HH].[HH].[HH].[HH].[HH]. The van der Waals surface area contributed by atoms with Crippen LogP contribution in [0.1, 0.15) is 31.2 Å². The maximum atomic E-state index is 9.38. The molecule has 23 heavy (non-hydrogen) atoms. The molecule has 0 bridgehead atoms. The van der Waals surface area contributed by atoms with E-state index in [2.05, 4.69) is 98.3 Å². The van der Waals surface area contributed by atoms with Gasteiger partial charge in [0.25, 0.3) is 0 Å². The van der Waals surface area contributed by atoms with Crippen LogP contribution in [0.15, 0.2) is 98.6 Å². The number of aliphatic hydroxyl groups is 1. The summed E-state index contributed by atoms with van der Waals surface area (Å²) in [7, 11) is 0. The molecule has 0 saturated heterocycles. The Bertz CT molecular complexity index is 1010. The van der Waals surface area contributed by atoms with Crippen LogP contribution < -0.4 is 18.1 Å². The van der Waals surface area contributed by atoms with Gasteiger partial charge in [0, 0.05) is 30.3 Å². The topological polar surface area (TPSA) is 47.9 Å². The fourth-order valence-electron chi connectivity index (χ4n) is 0.715. The standard InChI is InChI=1S/C20H11NO.ClH.17H2/c1-3-4-5-6-7-8-9-10-11-12-13-14-15-16-17-18-20(22)19(2)21;;;;;;;;;;;;;;;;;;/h18-20,22H,1,21H2,2H3;18*1H/t19-,20-;;;;;;;;;;;;;;;;;;/m0................../s1. The highest BCUT2D eigenvalue weighted by Crippen LogP contribution is 1.86. The molecule has 2 atom stereocenters. The molecule has 2 nitrogen and oxygen atoms in total. The van der Waals surface area contributed by atoms with Crippen LogP contribution in [0.5, 0.6) is 0 Å². The maximum Gasteiger partial charge on any atom is 0.131 e. The van der Waals surface area contributed by atoms with Crippen molar-refractivity contribution in [2.75, 3.05) is 0 Å². The monoisotopic (exact) mass is 351 g/mol. The Morgan fingerprint density at radius 2 is 1.17 bits per heavy atom. The molecule has 0 unspecified atom stereocenters. The highest BCUT2D eigenvalue weighted by Gasteiger charge is 2.06. The zero-order valence-electron chi connectivity index (χ0n) is 12.5. The molecule has 0 heterocycles. The van der Waals surface area contributed by atoms with E-state index in [9.17, 15) is 5.11 Å². The van der Waals surface area contributed by atoms with Crippen LogP contribution in [0.25, 0.3) is 0 Å². The second-order valence-corrected chi connectivity index (χ2v) is 3.58. The second-order valence-electron chi connectivity index (χ2n) is 3.58. The third-order valence-electron chi connectivity index (χ3n) is 1.75. The fraction of sp³-hybridized carbons (Fsp3) is 0.150. The number of hydrogen-bond donors (Lipinski definition) is 2. The second kappa shape index (κ2) is 16.7. The van der Waals surface area contributed by atoms with Gasteiger partial charge in [0.2, 0.25) is 0 Å². The Morgan fingerprint density at radius 1 is 0.826 bits per heavy atom. The molecule has 0 aromatic carbocycles. The Hall–Kier alpha value is -3.35. The van der Waals surface area contributed by atoms with Gasteiger partial charge in [-0.3, -0.25) is 0 Å². The van der Waals surface area contributed by atoms with Gasteiger partial charge in [-0.1, -0.05) is 11.5 Å². The molecule has 0 saturated carbocycles. The van der Waals surface area contributed by atoms with Gasteiger partial charge in [-0.05, 0) is 88.0 Å². The molecule has 0 radical (unpaired) electrons. The lowest BCUT2D eigenvalue weighted by molar-refractivity contribution is -0.427. The fourth-order valence-corrected chi connectivity index (χ4v) is 0.715. The average Bonchev–Trinajstić information content (AvgIpc) is 2.50. The van der Waals surface area contributed by atoms with Crippen molar-refractivity contribution in [1.82, 2.24) is 0 Å². The average molecular weight is 352 g/mol. The van der Waals surface area contributed by atoms with Crippen molar-refractivity contribution in [1.29, 1.82) is 0 Å². The molecule has 3 heteroatoms. The zero-order valence-corrected chi connectivity index (χ0v) is 13.2. The Labute approximate surface area is 166 Å². The lowest BCUT2D eigenvalue weighted by Crippen LogP contribution is -3.00. The van der Waals surface area contributed by atoms with E-state index < -0.39 is 6.10 Å². The molecule has 0 fully saturated rings. The van der Waals surface area contributed by atoms with E-state index in [0.717, 1.165) is 0 Å². The smallest absolute Gasteiger partial charge is 0.131 e. The number of hydrogen-bond acceptors (Lipinski definition) is 1. The predicted octanol–water partition coefficient (Wildman–Crippen LogP) is 2.68. The van der Waals surface area contributed by atoms with Crippen molar-refractivity contribution in [2.24, 2.45) is 0 Å². The van der Waals surface area contributed by atoms with Crippen LogP contribution in [0.4, 0.5) is 0 Å². The molecular formula is C20H46ClNO. The van der Waals surface area contributed by atoms with Gasteiger partial charge >= 0.3 is 0 Å². The first-order valence-electron chi connectivity index (χ1n) is 6.05. The molecule has 0 spiro atoms. The minimum Gasteiger partial charge on any atom is -1.00 e. The first-order chi connectivity index (χ1) is 10.7. The highest BCUT2D eigenvalue weighted by molar-refractivity contribution is 4.94. The normalized spacial score (nSPS) is 8.13. The van der Waals surface area contributed by atoms with Gasteiger partial charge in [0.05, 0.1) is 0 Å². The van der Waals surface area contributed by atoms with E-state index >= 15 is 0 Å². The summed E-state index contributed by atoms with van der Waals surface area (Å²) >= 11 is 0. The maximum absolute atomic E-state index is 9.38. The highest BCUT2D eigenvalue weighted by atomic mass is 35.5. The van der Waals surface area contributed by atoms with Crippen molar-refractivity contribution >= 4 is 0 Å². The van der Waals surface area contributed by atoms with Gasteiger partial charge in [0.1, 0.15) is 12.1 Å². The van der Waals surface area contributed by atoms with E-state index in [1.54, 1.807) is 6.92 Å². The Morgan fingerprint density at radius 3 is 1.52 bits per heavy atom. The molecule has 0 aliphatic rings. The summed E-state index contributed by atoms with van der Waals surface area (Å²) in [4.78, 5) is 0. The zero-order chi connectivity index (χ0) is 16.5. The number of quaternary nitrogens is 1. The van der Waals surface area contributed by atoms with Gasteiger partial charge < -0.3 is 23.2 Å². The van der Waals surface area contributed by atoms with Crippen molar-refractivity contribution in [3.05, 3.63) is 98.6 Å². The van der Waals surface area contributed by atoms with Crippen molar-refractivity contribution in [3.8, 4) is 0 Å². The summed E-state index contributed by atoms with van der Waals surface area (Å²) in [6.45, 7) is 5.09. The Balaban J connectivity index is -0.0000000144. The molecule has 144 valence electrons.